The van der Waals surface area contributed by atoms with Crippen LogP contribution in [0.4, 0.5) is 4.39 Å². The van der Waals surface area contributed by atoms with Gasteiger partial charge in [0.25, 0.3) is 0 Å². The summed E-state index contributed by atoms with van der Waals surface area (Å²) in [6.07, 6.45) is 3.48. The number of halogens is 1. The highest BCUT2D eigenvalue weighted by atomic mass is 19.1. The molecular formula is C19H14FN3O. The summed E-state index contributed by atoms with van der Waals surface area (Å²) in [5.41, 5.74) is 5.48. The molecule has 0 saturated heterocycles. The molecular weight excluding hydrogens is 305 g/mol. The Balaban J connectivity index is 1.82. The maximum atomic E-state index is 13.1. The molecule has 0 bridgehead atoms. The lowest BCUT2D eigenvalue weighted by Gasteiger charge is -2.04. The fourth-order valence-corrected chi connectivity index (χ4v) is 2.69. The average molecular weight is 319 g/mol. The molecule has 0 atom stereocenters. The first-order valence-corrected chi connectivity index (χ1v) is 7.55. The lowest BCUT2D eigenvalue weighted by atomic mass is 10.0. The van der Waals surface area contributed by atoms with Crippen LogP contribution in [-0.2, 0) is 6.61 Å². The van der Waals surface area contributed by atoms with E-state index in [4.69, 9.17) is 5.11 Å². The second kappa shape index (κ2) is 5.86. The van der Waals surface area contributed by atoms with Crippen molar-refractivity contribution < 1.29 is 9.50 Å². The third kappa shape index (κ3) is 2.55. The quantitative estimate of drug-likeness (QED) is 0.626. The summed E-state index contributed by atoms with van der Waals surface area (Å²) in [5.74, 6) is -0.262. The highest BCUT2D eigenvalue weighted by Gasteiger charge is 2.09. The van der Waals surface area contributed by atoms with Gasteiger partial charge in [0.15, 0.2) is 0 Å². The van der Waals surface area contributed by atoms with E-state index in [1.807, 2.05) is 30.3 Å². The van der Waals surface area contributed by atoms with Crippen LogP contribution in [0, 0.1) is 5.82 Å². The molecule has 4 aromatic rings. The predicted octanol–water partition coefficient (Wildman–Crippen LogP) is 3.69. The summed E-state index contributed by atoms with van der Waals surface area (Å²) in [7, 11) is 0. The monoisotopic (exact) mass is 319 g/mol. The van der Waals surface area contributed by atoms with Crippen molar-refractivity contribution in [1.82, 2.24) is 14.8 Å². The molecule has 4 rings (SSSR count). The molecule has 4 nitrogen and oxygen atoms in total. The summed E-state index contributed by atoms with van der Waals surface area (Å²) in [6.45, 7) is 0.0192. The highest BCUT2D eigenvalue weighted by Crippen LogP contribution is 2.27. The van der Waals surface area contributed by atoms with Crippen LogP contribution in [0.5, 0.6) is 0 Å². The Bertz CT molecular complexity index is 991. The van der Waals surface area contributed by atoms with Gasteiger partial charge in [-0.3, -0.25) is 0 Å². The molecule has 24 heavy (non-hydrogen) atoms. The fraction of sp³-hybridized carbons (Fsp3) is 0.0526. The zero-order chi connectivity index (χ0) is 16.5. The van der Waals surface area contributed by atoms with Crippen LogP contribution in [0.1, 0.15) is 5.56 Å². The van der Waals surface area contributed by atoms with Gasteiger partial charge >= 0.3 is 0 Å². The van der Waals surface area contributed by atoms with E-state index >= 15 is 0 Å². The van der Waals surface area contributed by atoms with E-state index in [1.165, 1.54) is 12.1 Å². The summed E-state index contributed by atoms with van der Waals surface area (Å²) in [4.78, 5) is 0. The molecule has 0 fully saturated rings. The van der Waals surface area contributed by atoms with Crippen molar-refractivity contribution in [3.63, 3.8) is 0 Å². The largest absolute Gasteiger partial charge is 0.392 e. The number of hydrogen-bond acceptors (Lipinski definition) is 3. The van der Waals surface area contributed by atoms with Crippen LogP contribution in [-0.4, -0.2) is 19.9 Å². The van der Waals surface area contributed by atoms with Crippen molar-refractivity contribution in [1.29, 1.82) is 0 Å². The zero-order valence-corrected chi connectivity index (χ0v) is 12.7. The molecule has 0 amide bonds. The number of aromatic nitrogens is 3. The van der Waals surface area contributed by atoms with Crippen molar-refractivity contribution in [3.8, 4) is 22.3 Å². The first kappa shape index (κ1) is 14.5. The number of benzene rings is 2. The number of aliphatic hydroxyl groups is 1. The minimum atomic E-state index is -0.262. The van der Waals surface area contributed by atoms with E-state index in [0.29, 0.717) is 0 Å². The second-order valence-corrected chi connectivity index (χ2v) is 5.54. The molecule has 0 aliphatic rings. The third-order valence-corrected chi connectivity index (χ3v) is 4.01. The van der Waals surface area contributed by atoms with Crippen LogP contribution >= 0.6 is 0 Å². The number of fused-ring (bicyclic) bond motifs is 1. The van der Waals surface area contributed by atoms with Gasteiger partial charge in [0, 0.05) is 11.1 Å². The lowest BCUT2D eigenvalue weighted by Crippen LogP contribution is -1.93. The van der Waals surface area contributed by atoms with E-state index in [9.17, 15) is 4.39 Å². The third-order valence-electron chi connectivity index (χ3n) is 4.01. The van der Waals surface area contributed by atoms with E-state index < -0.39 is 0 Å². The Morgan fingerprint density at radius 3 is 2.21 bits per heavy atom. The van der Waals surface area contributed by atoms with Crippen LogP contribution in [0.15, 0.2) is 67.0 Å². The van der Waals surface area contributed by atoms with Gasteiger partial charge in [0.1, 0.15) is 5.82 Å². The van der Waals surface area contributed by atoms with E-state index in [-0.39, 0.29) is 12.4 Å². The Hall–Kier alpha value is -3.05. The smallest absolute Gasteiger partial charge is 0.123 e. The molecule has 0 aliphatic heterocycles. The van der Waals surface area contributed by atoms with Crippen LogP contribution < -0.4 is 0 Å². The van der Waals surface area contributed by atoms with Crippen molar-refractivity contribution in [2.24, 2.45) is 0 Å². The minimum absolute atomic E-state index is 0.0192. The maximum Gasteiger partial charge on any atom is 0.123 e. The van der Waals surface area contributed by atoms with Crippen LogP contribution in [0.25, 0.3) is 27.8 Å². The van der Waals surface area contributed by atoms with E-state index in [1.54, 1.807) is 29.2 Å². The van der Waals surface area contributed by atoms with Gasteiger partial charge in [-0.15, -0.1) is 0 Å². The first-order chi connectivity index (χ1) is 11.7. The molecule has 2 aromatic heterocycles. The van der Waals surface area contributed by atoms with Crippen molar-refractivity contribution in [2.75, 3.05) is 0 Å². The minimum Gasteiger partial charge on any atom is -0.392 e. The highest BCUT2D eigenvalue weighted by molar-refractivity contribution is 5.82. The van der Waals surface area contributed by atoms with Gasteiger partial charge in [0.2, 0.25) is 0 Å². The summed E-state index contributed by atoms with van der Waals surface area (Å²) < 4.78 is 14.7. The number of rotatable bonds is 3. The molecule has 0 unspecified atom stereocenters. The zero-order valence-electron chi connectivity index (χ0n) is 12.7. The Labute approximate surface area is 137 Å². The van der Waals surface area contributed by atoms with Crippen molar-refractivity contribution in [2.45, 2.75) is 6.61 Å². The van der Waals surface area contributed by atoms with Gasteiger partial charge in [-0.05, 0) is 34.9 Å². The van der Waals surface area contributed by atoms with Gasteiger partial charge in [-0.1, -0.05) is 36.4 Å². The summed E-state index contributed by atoms with van der Waals surface area (Å²) in [5, 5.41) is 17.8. The second-order valence-electron chi connectivity index (χ2n) is 5.54. The molecule has 0 spiro atoms. The molecule has 0 saturated carbocycles. The van der Waals surface area contributed by atoms with Crippen molar-refractivity contribution >= 4 is 5.52 Å². The standard InChI is InChI=1S/C19H14FN3O/c20-17-7-5-14(6-8-17)16-9-19-18(11-22-23(19)21-10-16)15-3-1-13(12-24)2-4-15/h1-11,24H,12H2. The molecule has 2 heterocycles. The molecule has 5 heteroatoms. The Morgan fingerprint density at radius 1 is 0.833 bits per heavy atom. The number of nitrogens with zero attached hydrogens (tertiary/aromatic N) is 3. The summed E-state index contributed by atoms with van der Waals surface area (Å²) in [6, 6.07) is 16.0. The average Bonchev–Trinajstić information content (AvgIpc) is 3.05. The lowest BCUT2D eigenvalue weighted by molar-refractivity contribution is 0.282. The first-order valence-electron chi connectivity index (χ1n) is 7.55. The Kier molecular flexibility index (Phi) is 3.55. The van der Waals surface area contributed by atoms with Crippen LogP contribution in [0.2, 0.25) is 0 Å². The van der Waals surface area contributed by atoms with Crippen molar-refractivity contribution in [3.05, 3.63) is 78.4 Å². The van der Waals surface area contributed by atoms with E-state index in [0.717, 1.165) is 33.3 Å². The molecule has 118 valence electrons. The van der Waals surface area contributed by atoms with Gasteiger partial charge in [-0.2, -0.15) is 14.8 Å². The fourth-order valence-electron chi connectivity index (χ4n) is 2.69. The number of aliphatic hydroxyl groups excluding tert-OH is 1. The molecule has 0 aliphatic carbocycles. The van der Waals surface area contributed by atoms with Gasteiger partial charge < -0.3 is 5.11 Å². The summed E-state index contributed by atoms with van der Waals surface area (Å²) >= 11 is 0. The van der Waals surface area contributed by atoms with Gasteiger partial charge in [-0.25, -0.2) is 4.39 Å². The Morgan fingerprint density at radius 2 is 1.50 bits per heavy atom. The molecule has 2 aromatic carbocycles. The van der Waals surface area contributed by atoms with E-state index in [2.05, 4.69) is 10.2 Å². The van der Waals surface area contributed by atoms with Gasteiger partial charge in [0.05, 0.1) is 24.5 Å². The molecule has 1 N–H and O–H groups in total. The SMILES string of the molecule is OCc1ccc(-c2cnn3ncc(-c4ccc(F)cc4)cc23)cc1. The molecule has 0 radical (unpaired) electrons. The van der Waals surface area contributed by atoms with Crippen LogP contribution in [0.3, 0.4) is 0 Å². The topological polar surface area (TPSA) is 50.4 Å². The number of hydrogen-bond donors (Lipinski definition) is 1. The normalized spacial score (nSPS) is 11.1. The predicted molar refractivity (Wildman–Crippen MR) is 89.7 cm³/mol. The maximum absolute atomic E-state index is 13.1.